The van der Waals surface area contributed by atoms with Crippen molar-refractivity contribution < 1.29 is 23.7 Å². The Hall–Kier alpha value is -4.65. The highest BCUT2D eigenvalue weighted by atomic mass is 16.5. The number of nitrogens with zero attached hydrogens (tertiary/aromatic N) is 1. The third-order valence-corrected chi connectivity index (χ3v) is 5.23. The van der Waals surface area contributed by atoms with Crippen molar-refractivity contribution in [3.63, 3.8) is 0 Å². The second kappa shape index (κ2) is 11.0. The molecule has 7 heteroatoms. The number of carbonyl (C=O) groups is 1. The molecular weight excluding hydrogens is 444 g/mol. The summed E-state index contributed by atoms with van der Waals surface area (Å²) in [7, 11) is 4.31. The lowest BCUT2D eigenvalue weighted by Crippen LogP contribution is -2.24. The van der Waals surface area contributed by atoms with Crippen molar-refractivity contribution in [1.29, 1.82) is 0 Å². The molecule has 178 valence electrons. The van der Waals surface area contributed by atoms with Crippen LogP contribution in [-0.2, 0) is 4.74 Å². The maximum absolute atomic E-state index is 12.0. The second-order valence-electron chi connectivity index (χ2n) is 7.45. The van der Waals surface area contributed by atoms with Gasteiger partial charge in [-0.15, -0.1) is 0 Å². The molecule has 4 rings (SSSR count). The van der Waals surface area contributed by atoms with Crippen LogP contribution in [0.25, 0.3) is 0 Å². The first-order valence-electron chi connectivity index (χ1n) is 10.9. The number of hydrogen-bond acceptors (Lipinski definition) is 7. The molecule has 0 saturated heterocycles. The summed E-state index contributed by atoms with van der Waals surface area (Å²) in [5.41, 5.74) is 6.62. The van der Waals surface area contributed by atoms with Crippen molar-refractivity contribution >= 4 is 23.0 Å². The minimum atomic E-state index is -0.495. The Morgan fingerprint density at radius 3 is 1.69 bits per heavy atom. The zero-order chi connectivity index (χ0) is 24.6. The molecule has 0 aromatic heterocycles. The minimum Gasteiger partial charge on any atom is -0.493 e. The van der Waals surface area contributed by atoms with Gasteiger partial charge in [0, 0.05) is 0 Å². The number of benzene rings is 4. The molecule has 0 saturated carbocycles. The molecule has 0 aliphatic carbocycles. The van der Waals surface area contributed by atoms with Gasteiger partial charge in [-0.05, 0) is 60.7 Å². The number of rotatable bonds is 9. The van der Waals surface area contributed by atoms with Crippen LogP contribution in [0.3, 0.4) is 0 Å². The maximum Gasteiger partial charge on any atom is 0.338 e. The first-order valence-corrected chi connectivity index (χ1v) is 10.9. The molecule has 0 bridgehead atoms. The number of anilines is 3. The van der Waals surface area contributed by atoms with Crippen LogP contribution in [0.4, 0.5) is 17.1 Å². The molecule has 0 atom stereocenters. The van der Waals surface area contributed by atoms with E-state index in [0.717, 1.165) is 17.1 Å². The fourth-order valence-corrected chi connectivity index (χ4v) is 3.49. The Morgan fingerprint density at radius 2 is 1.23 bits per heavy atom. The van der Waals surface area contributed by atoms with E-state index in [1.807, 2.05) is 89.9 Å². The molecule has 0 aliphatic rings. The number of para-hydroxylation sites is 2. The molecule has 0 spiro atoms. The third-order valence-electron chi connectivity index (χ3n) is 5.23. The molecule has 0 amide bonds. The first kappa shape index (κ1) is 23.5. The Kier molecular flexibility index (Phi) is 7.37. The monoisotopic (exact) mass is 470 g/mol. The molecule has 4 aromatic carbocycles. The molecule has 0 heterocycles. The second-order valence-corrected chi connectivity index (χ2v) is 7.45. The van der Waals surface area contributed by atoms with Crippen molar-refractivity contribution in [3.8, 4) is 23.0 Å². The summed E-state index contributed by atoms with van der Waals surface area (Å²) in [5, 5.41) is 2.01. The van der Waals surface area contributed by atoms with Crippen LogP contribution < -0.4 is 24.6 Å². The fourth-order valence-electron chi connectivity index (χ4n) is 3.49. The van der Waals surface area contributed by atoms with E-state index in [4.69, 9.17) is 18.9 Å². The molecule has 0 aliphatic heterocycles. The normalized spacial score (nSPS) is 10.3. The molecular formula is C28H26N2O5. The summed E-state index contributed by atoms with van der Waals surface area (Å²) in [5.74, 6) is 1.14. The van der Waals surface area contributed by atoms with Crippen molar-refractivity contribution in [2.75, 3.05) is 31.8 Å². The number of ether oxygens (including phenoxy) is 4. The maximum atomic E-state index is 12.0. The predicted octanol–water partition coefficient (Wildman–Crippen LogP) is 6.45. The Bertz CT molecular complexity index is 1200. The van der Waals surface area contributed by atoms with Crippen LogP contribution in [0.5, 0.6) is 23.0 Å². The van der Waals surface area contributed by atoms with Gasteiger partial charge in [0.25, 0.3) is 0 Å². The molecule has 0 radical (unpaired) electrons. The van der Waals surface area contributed by atoms with Crippen molar-refractivity contribution in [3.05, 3.63) is 103 Å². The summed E-state index contributed by atoms with van der Waals surface area (Å²) >= 11 is 0. The van der Waals surface area contributed by atoms with Gasteiger partial charge >= 0.3 is 5.97 Å². The summed E-state index contributed by atoms with van der Waals surface area (Å²) in [4.78, 5) is 12.0. The Labute approximate surface area is 204 Å². The van der Waals surface area contributed by atoms with Gasteiger partial charge in [0.1, 0.15) is 5.75 Å². The Balaban J connectivity index is 1.58. The lowest BCUT2D eigenvalue weighted by atomic mass is 10.2. The van der Waals surface area contributed by atoms with E-state index in [-0.39, 0.29) is 0 Å². The number of nitrogens with one attached hydrogen (secondary N) is 1. The Morgan fingerprint density at radius 1 is 0.714 bits per heavy atom. The van der Waals surface area contributed by atoms with Gasteiger partial charge in [-0.1, -0.05) is 36.4 Å². The molecule has 0 unspecified atom stereocenters. The summed E-state index contributed by atoms with van der Waals surface area (Å²) in [6, 6.07) is 30.7. The van der Waals surface area contributed by atoms with E-state index >= 15 is 0 Å². The number of hydrogen-bond donors (Lipinski definition) is 1. The van der Waals surface area contributed by atoms with Gasteiger partial charge in [-0.2, -0.15) is 0 Å². The minimum absolute atomic E-state index is 0.301. The van der Waals surface area contributed by atoms with Crippen molar-refractivity contribution in [1.82, 2.24) is 0 Å². The van der Waals surface area contributed by atoms with Crippen LogP contribution in [0.1, 0.15) is 10.4 Å². The number of hydrazine groups is 1. The summed E-state index contributed by atoms with van der Waals surface area (Å²) in [6.07, 6.45) is 0. The van der Waals surface area contributed by atoms with E-state index in [1.54, 1.807) is 12.1 Å². The zero-order valence-electron chi connectivity index (χ0n) is 19.7. The molecule has 7 nitrogen and oxygen atoms in total. The van der Waals surface area contributed by atoms with Gasteiger partial charge in [-0.25, -0.2) is 4.79 Å². The lowest BCUT2D eigenvalue weighted by Gasteiger charge is -2.26. The lowest BCUT2D eigenvalue weighted by molar-refractivity contribution is 0.0600. The van der Waals surface area contributed by atoms with Gasteiger partial charge in [0.15, 0.2) is 11.5 Å². The van der Waals surface area contributed by atoms with Crippen LogP contribution >= 0.6 is 0 Å². The van der Waals surface area contributed by atoms with Gasteiger partial charge in [0.2, 0.25) is 5.75 Å². The third kappa shape index (κ3) is 5.47. The molecule has 4 aromatic rings. The summed E-state index contributed by atoms with van der Waals surface area (Å²) < 4.78 is 21.8. The molecule has 0 fully saturated rings. The number of carbonyl (C=O) groups excluding carboxylic acids is 1. The van der Waals surface area contributed by atoms with Crippen LogP contribution in [0.2, 0.25) is 0 Å². The van der Waals surface area contributed by atoms with E-state index < -0.39 is 5.97 Å². The van der Waals surface area contributed by atoms with Gasteiger partial charge in [-0.3, -0.25) is 10.4 Å². The highest BCUT2D eigenvalue weighted by Crippen LogP contribution is 2.41. The van der Waals surface area contributed by atoms with Gasteiger partial charge in [0.05, 0.1) is 44.0 Å². The predicted molar refractivity (Wildman–Crippen MR) is 136 cm³/mol. The van der Waals surface area contributed by atoms with Crippen LogP contribution in [-0.4, -0.2) is 27.3 Å². The SMILES string of the molecule is COC(=O)c1cc(OC)c(Oc2ccc(NN(c3ccccc3)c3ccccc3)cc2)c(OC)c1. The number of esters is 1. The quantitative estimate of drug-likeness (QED) is 0.223. The average molecular weight is 471 g/mol. The van der Waals surface area contributed by atoms with E-state index in [0.29, 0.717) is 28.6 Å². The molecule has 35 heavy (non-hydrogen) atoms. The standard InChI is InChI=1S/C28H26N2O5/c1-32-25-18-20(28(31)34-3)19-26(33-2)27(25)35-24-16-14-21(15-17-24)29-30(22-10-6-4-7-11-22)23-12-8-5-9-13-23/h4-19,29H,1-3H3. The fraction of sp³-hybridized carbons (Fsp3) is 0.107. The van der Waals surface area contributed by atoms with Crippen molar-refractivity contribution in [2.24, 2.45) is 0 Å². The number of methoxy groups -OCH3 is 3. The van der Waals surface area contributed by atoms with Gasteiger partial charge < -0.3 is 18.9 Å². The van der Waals surface area contributed by atoms with Crippen molar-refractivity contribution in [2.45, 2.75) is 0 Å². The average Bonchev–Trinajstić information content (AvgIpc) is 2.93. The zero-order valence-corrected chi connectivity index (χ0v) is 19.7. The van der Waals surface area contributed by atoms with E-state index in [9.17, 15) is 4.79 Å². The van der Waals surface area contributed by atoms with E-state index in [1.165, 1.54) is 21.3 Å². The smallest absolute Gasteiger partial charge is 0.338 e. The topological polar surface area (TPSA) is 69.3 Å². The first-order chi connectivity index (χ1) is 17.1. The molecule has 1 N–H and O–H groups in total. The van der Waals surface area contributed by atoms with Crippen LogP contribution in [0.15, 0.2) is 97.1 Å². The highest BCUT2D eigenvalue weighted by Gasteiger charge is 2.19. The van der Waals surface area contributed by atoms with E-state index in [2.05, 4.69) is 5.43 Å². The van der Waals surface area contributed by atoms with Crippen LogP contribution in [0, 0.1) is 0 Å². The largest absolute Gasteiger partial charge is 0.493 e. The summed E-state index contributed by atoms with van der Waals surface area (Å²) in [6.45, 7) is 0. The highest BCUT2D eigenvalue weighted by molar-refractivity contribution is 5.91.